The van der Waals surface area contributed by atoms with Gasteiger partial charge in [0, 0.05) is 6.54 Å². The summed E-state index contributed by atoms with van der Waals surface area (Å²) in [6.07, 6.45) is 0.541. The van der Waals surface area contributed by atoms with E-state index in [0.717, 1.165) is 6.54 Å². The number of rotatable bonds is 7. The van der Waals surface area contributed by atoms with Gasteiger partial charge >= 0.3 is 5.97 Å². The number of hydrogen-bond acceptors (Lipinski definition) is 6. The van der Waals surface area contributed by atoms with Gasteiger partial charge in [0.1, 0.15) is 5.25 Å². The summed E-state index contributed by atoms with van der Waals surface area (Å²) in [5, 5.41) is 23.1. The van der Waals surface area contributed by atoms with Gasteiger partial charge in [-0.15, -0.1) is 5.10 Å². The predicted molar refractivity (Wildman–Crippen MR) is 59.3 cm³/mol. The molecule has 16 heavy (non-hydrogen) atoms. The first-order chi connectivity index (χ1) is 7.69. The van der Waals surface area contributed by atoms with Crippen molar-refractivity contribution in [2.24, 2.45) is 0 Å². The lowest BCUT2D eigenvalue weighted by molar-refractivity contribution is -0.136. The molecule has 1 atom stereocenters. The molecule has 0 aliphatic heterocycles. The van der Waals surface area contributed by atoms with Crippen LogP contribution < -0.4 is 5.32 Å². The summed E-state index contributed by atoms with van der Waals surface area (Å²) in [6.45, 7) is 3.19. The van der Waals surface area contributed by atoms with E-state index in [1.165, 1.54) is 11.8 Å². The van der Waals surface area contributed by atoms with Crippen LogP contribution in [0.5, 0.6) is 0 Å². The highest BCUT2D eigenvalue weighted by atomic mass is 32.2. The minimum absolute atomic E-state index is 0.501. The first-order valence-corrected chi connectivity index (χ1v) is 5.87. The number of carboxylic acids is 1. The van der Waals surface area contributed by atoms with Crippen LogP contribution in [-0.2, 0) is 11.3 Å². The van der Waals surface area contributed by atoms with Gasteiger partial charge in [-0.1, -0.05) is 18.7 Å². The second-order valence-electron chi connectivity index (χ2n) is 3.14. The maximum atomic E-state index is 10.9. The van der Waals surface area contributed by atoms with E-state index < -0.39 is 11.2 Å². The molecule has 0 saturated carbocycles. The molecular formula is C8H15N5O2S. The number of likely N-dealkylation sites (N-methyl/N-ethyl adjacent to an activating group) is 1. The molecule has 0 aromatic carbocycles. The SMILES string of the molecule is CCC(Sc1nnnn1CCNC)C(=O)O. The van der Waals surface area contributed by atoms with Crippen LogP contribution in [0.25, 0.3) is 0 Å². The van der Waals surface area contributed by atoms with Crippen molar-refractivity contribution in [2.75, 3.05) is 13.6 Å². The molecule has 0 radical (unpaired) electrons. The third-order valence-electron chi connectivity index (χ3n) is 1.97. The number of tetrazole rings is 1. The van der Waals surface area contributed by atoms with Gasteiger partial charge in [-0.2, -0.15) is 0 Å². The number of carbonyl (C=O) groups is 1. The summed E-state index contributed by atoms with van der Waals surface area (Å²) in [6, 6.07) is 0. The Labute approximate surface area is 97.6 Å². The molecule has 0 fully saturated rings. The van der Waals surface area contributed by atoms with Gasteiger partial charge in [0.15, 0.2) is 0 Å². The highest BCUT2D eigenvalue weighted by Crippen LogP contribution is 2.22. The minimum atomic E-state index is -0.837. The lowest BCUT2D eigenvalue weighted by Gasteiger charge is -2.08. The Hall–Kier alpha value is -1.15. The summed E-state index contributed by atoms with van der Waals surface area (Å²) in [5.74, 6) is -0.837. The maximum absolute atomic E-state index is 10.9. The van der Waals surface area contributed by atoms with Gasteiger partial charge in [-0.25, -0.2) is 4.68 Å². The molecule has 0 aliphatic rings. The van der Waals surface area contributed by atoms with Crippen LogP contribution in [0.3, 0.4) is 0 Å². The van der Waals surface area contributed by atoms with Crippen molar-refractivity contribution in [3.63, 3.8) is 0 Å². The Morgan fingerprint density at radius 2 is 2.44 bits per heavy atom. The molecule has 0 aliphatic carbocycles. The minimum Gasteiger partial charge on any atom is -0.480 e. The number of nitrogens with one attached hydrogen (secondary N) is 1. The molecule has 0 spiro atoms. The molecule has 1 rings (SSSR count). The van der Waals surface area contributed by atoms with Crippen LogP contribution in [-0.4, -0.2) is 50.1 Å². The second kappa shape index (κ2) is 6.44. The third kappa shape index (κ3) is 3.46. The van der Waals surface area contributed by atoms with E-state index in [0.29, 0.717) is 18.1 Å². The molecular weight excluding hydrogens is 230 g/mol. The quantitative estimate of drug-likeness (QED) is 0.645. The van der Waals surface area contributed by atoms with Crippen molar-refractivity contribution in [1.29, 1.82) is 0 Å². The lowest BCUT2D eigenvalue weighted by atomic mass is 10.3. The molecule has 90 valence electrons. The van der Waals surface area contributed by atoms with Crippen molar-refractivity contribution in [3.8, 4) is 0 Å². The van der Waals surface area contributed by atoms with Crippen LogP contribution in [0, 0.1) is 0 Å². The summed E-state index contributed by atoms with van der Waals surface area (Å²) >= 11 is 1.18. The highest BCUT2D eigenvalue weighted by Gasteiger charge is 2.20. The van der Waals surface area contributed by atoms with Crippen molar-refractivity contribution < 1.29 is 9.90 Å². The molecule has 0 saturated heterocycles. The van der Waals surface area contributed by atoms with E-state index in [-0.39, 0.29) is 0 Å². The van der Waals surface area contributed by atoms with E-state index in [1.54, 1.807) is 4.68 Å². The van der Waals surface area contributed by atoms with Crippen molar-refractivity contribution in [1.82, 2.24) is 25.5 Å². The largest absolute Gasteiger partial charge is 0.480 e. The van der Waals surface area contributed by atoms with Gasteiger partial charge in [0.25, 0.3) is 0 Å². The smallest absolute Gasteiger partial charge is 0.317 e. The number of aromatic nitrogens is 4. The van der Waals surface area contributed by atoms with E-state index in [4.69, 9.17) is 5.11 Å². The van der Waals surface area contributed by atoms with Crippen molar-refractivity contribution in [2.45, 2.75) is 30.3 Å². The Morgan fingerprint density at radius 3 is 3.00 bits per heavy atom. The predicted octanol–water partition coefficient (Wildman–Crippen LogP) is -0.152. The molecule has 8 heteroatoms. The monoisotopic (exact) mass is 245 g/mol. The van der Waals surface area contributed by atoms with Crippen LogP contribution in [0.1, 0.15) is 13.3 Å². The number of aliphatic carboxylic acids is 1. The fourth-order valence-corrected chi connectivity index (χ4v) is 1.93. The number of thioether (sulfide) groups is 1. The molecule has 1 aromatic heterocycles. The zero-order chi connectivity index (χ0) is 12.0. The van der Waals surface area contributed by atoms with Gasteiger partial charge in [-0.05, 0) is 23.9 Å². The molecule has 7 nitrogen and oxygen atoms in total. The van der Waals surface area contributed by atoms with E-state index in [2.05, 4.69) is 20.8 Å². The zero-order valence-electron chi connectivity index (χ0n) is 9.25. The van der Waals surface area contributed by atoms with Crippen LogP contribution in [0.2, 0.25) is 0 Å². The molecule has 1 aromatic rings. The summed E-state index contributed by atoms with van der Waals surface area (Å²) in [5.41, 5.74) is 0. The fourth-order valence-electron chi connectivity index (χ4n) is 1.07. The molecule has 1 unspecified atom stereocenters. The first kappa shape index (κ1) is 12.9. The van der Waals surface area contributed by atoms with Crippen molar-refractivity contribution >= 4 is 17.7 Å². The van der Waals surface area contributed by atoms with Gasteiger partial charge < -0.3 is 10.4 Å². The van der Waals surface area contributed by atoms with E-state index in [1.807, 2.05) is 14.0 Å². The zero-order valence-corrected chi connectivity index (χ0v) is 10.1. The lowest BCUT2D eigenvalue weighted by Crippen LogP contribution is -2.19. The second-order valence-corrected chi connectivity index (χ2v) is 4.31. The first-order valence-electron chi connectivity index (χ1n) is 4.99. The Bertz CT molecular complexity index is 343. The standard InChI is InChI=1S/C8H15N5O2S/c1-3-6(7(14)15)16-8-10-11-12-13(8)5-4-9-2/h6,9H,3-5H2,1-2H3,(H,14,15). The molecule has 0 bridgehead atoms. The maximum Gasteiger partial charge on any atom is 0.317 e. The molecule has 2 N–H and O–H groups in total. The molecule has 1 heterocycles. The van der Waals surface area contributed by atoms with E-state index >= 15 is 0 Å². The number of carboxylic acid groups (broad SMARTS) is 1. The van der Waals surface area contributed by atoms with E-state index in [9.17, 15) is 4.79 Å². The van der Waals surface area contributed by atoms with Crippen LogP contribution >= 0.6 is 11.8 Å². The Balaban J connectivity index is 2.65. The fraction of sp³-hybridized carbons (Fsp3) is 0.750. The summed E-state index contributed by atoms with van der Waals surface area (Å²) in [4.78, 5) is 10.9. The van der Waals surface area contributed by atoms with Crippen molar-refractivity contribution in [3.05, 3.63) is 0 Å². The average molecular weight is 245 g/mol. The van der Waals surface area contributed by atoms with Gasteiger partial charge in [0.2, 0.25) is 5.16 Å². The molecule has 0 amide bonds. The van der Waals surface area contributed by atoms with Gasteiger partial charge in [-0.3, -0.25) is 4.79 Å². The number of nitrogens with zero attached hydrogens (tertiary/aromatic N) is 4. The normalized spacial score (nSPS) is 12.6. The topological polar surface area (TPSA) is 92.9 Å². The average Bonchev–Trinajstić information content (AvgIpc) is 2.69. The highest BCUT2D eigenvalue weighted by molar-refractivity contribution is 8.00. The third-order valence-corrected chi connectivity index (χ3v) is 3.29. The summed E-state index contributed by atoms with van der Waals surface area (Å²) < 4.78 is 1.60. The Morgan fingerprint density at radius 1 is 1.69 bits per heavy atom. The summed E-state index contributed by atoms with van der Waals surface area (Å²) in [7, 11) is 1.84. The van der Waals surface area contributed by atoms with Crippen LogP contribution in [0.15, 0.2) is 5.16 Å². The van der Waals surface area contributed by atoms with Crippen LogP contribution in [0.4, 0.5) is 0 Å². The Kier molecular flexibility index (Phi) is 5.20. The van der Waals surface area contributed by atoms with Gasteiger partial charge in [0.05, 0.1) is 6.54 Å². The number of hydrogen-bond donors (Lipinski definition) is 2.